The predicted octanol–water partition coefficient (Wildman–Crippen LogP) is 2.67. The normalized spacial score (nSPS) is 19.5. The van der Waals surface area contributed by atoms with Crippen LogP contribution in [0.25, 0.3) is 0 Å². The van der Waals surface area contributed by atoms with Gasteiger partial charge in [-0.3, -0.25) is 4.90 Å². The highest BCUT2D eigenvalue weighted by Gasteiger charge is 2.46. The highest BCUT2D eigenvalue weighted by atomic mass is 16.6. The molecule has 0 aliphatic heterocycles. The second kappa shape index (κ2) is 7.44. The molecular formula is C17H29NO4. The Morgan fingerprint density at radius 3 is 1.41 bits per heavy atom. The zero-order valence-electron chi connectivity index (χ0n) is 14.2. The zero-order valence-corrected chi connectivity index (χ0v) is 14.2. The van der Waals surface area contributed by atoms with Crippen LogP contribution in [0.15, 0.2) is 0 Å². The maximum Gasteiger partial charge on any atom is 0.335 e. The molecular weight excluding hydrogens is 282 g/mol. The molecule has 22 heavy (non-hydrogen) atoms. The van der Waals surface area contributed by atoms with Crippen molar-refractivity contribution >= 4 is 11.9 Å². The molecule has 126 valence electrons. The van der Waals surface area contributed by atoms with Gasteiger partial charge in [0.1, 0.15) is 0 Å². The van der Waals surface area contributed by atoms with E-state index in [1.165, 1.54) is 12.8 Å². The summed E-state index contributed by atoms with van der Waals surface area (Å²) in [6.07, 6.45) is 6.08. The quantitative estimate of drug-likeness (QED) is 0.534. The molecule has 2 rings (SSSR count). The summed E-state index contributed by atoms with van der Waals surface area (Å²) in [5.74, 6) is -0.918. The molecule has 2 aliphatic rings. The van der Waals surface area contributed by atoms with Crippen molar-refractivity contribution in [2.75, 3.05) is 0 Å². The zero-order chi connectivity index (χ0) is 16.3. The highest BCUT2D eigenvalue weighted by Crippen LogP contribution is 2.36. The fraction of sp³-hybridized carbons (Fsp3) is 0.882. The maximum absolute atomic E-state index is 12.5. The number of hydrogen-bond donors (Lipinski definition) is 0. The van der Waals surface area contributed by atoms with Crippen LogP contribution >= 0.6 is 0 Å². The van der Waals surface area contributed by atoms with Crippen molar-refractivity contribution in [3.05, 3.63) is 0 Å². The molecule has 2 saturated carbocycles. The summed E-state index contributed by atoms with van der Waals surface area (Å²) in [6, 6.07) is -0.273. The lowest BCUT2D eigenvalue weighted by molar-refractivity contribution is -0.174. The summed E-state index contributed by atoms with van der Waals surface area (Å²) in [7, 11) is 0. The van der Waals surface area contributed by atoms with E-state index < -0.39 is 18.0 Å². The second-order valence-corrected chi connectivity index (χ2v) is 6.99. The Morgan fingerprint density at radius 2 is 1.18 bits per heavy atom. The monoisotopic (exact) mass is 311 g/mol. The average molecular weight is 311 g/mol. The van der Waals surface area contributed by atoms with Gasteiger partial charge < -0.3 is 9.47 Å². The Morgan fingerprint density at radius 1 is 0.818 bits per heavy atom. The lowest BCUT2D eigenvalue weighted by atomic mass is 9.83. The molecule has 0 aromatic heterocycles. The van der Waals surface area contributed by atoms with Crippen LogP contribution in [-0.4, -0.2) is 47.2 Å². The van der Waals surface area contributed by atoms with Gasteiger partial charge in [-0.1, -0.05) is 12.8 Å². The standard InChI is InChI=1S/C17H29NO4/c1-11(2)21-16(19)15(17(20)22-12(3)4)18(13-7-5-8-13)14-9-6-10-14/h11-15H,5-10H2,1-4H3. The SMILES string of the molecule is CC(C)OC(=O)C(C(=O)OC(C)C)N(C1CCC1)C1CCC1. The highest BCUT2D eigenvalue weighted by molar-refractivity contribution is 5.99. The van der Waals surface area contributed by atoms with Crippen molar-refractivity contribution in [2.45, 2.75) is 96.6 Å². The number of carbonyl (C=O) groups excluding carboxylic acids is 2. The van der Waals surface area contributed by atoms with Crippen LogP contribution in [0, 0.1) is 0 Å². The Labute approximate surface area is 133 Å². The summed E-state index contributed by atoms with van der Waals surface area (Å²) in [5.41, 5.74) is 0. The molecule has 0 bridgehead atoms. The molecule has 0 amide bonds. The van der Waals surface area contributed by atoms with Gasteiger partial charge in [0, 0.05) is 12.1 Å². The maximum atomic E-state index is 12.5. The summed E-state index contributed by atoms with van der Waals surface area (Å²) >= 11 is 0. The molecule has 0 radical (unpaired) electrons. The number of rotatable bonds is 7. The minimum atomic E-state index is -0.902. The third-order valence-electron chi connectivity index (χ3n) is 4.44. The van der Waals surface area contributed by atoms with E-state index in [1.807, 2.05) is 0 Å². The van der Waals surface area contributed by atoms with Crippen LogP contribution in [0.5, 0.6) is 0 Å². The Kier molecular flexibility index (Phi) is 5.84. The number of ether oxygens (including phenoxy) is 2. The van der Waals surface area contributed by atoms with E-state index in [4.69, 9.17) is 9.47 Å². The minimum absolute atomic E-state index is 0.230. The summed E-state index contributed by atoms with van der Waals surface area (Å²) in [5, 5.41) is 0. The van der Waals surface area contributed by atoms with Gasteiger partial charge in [0.2, 0.25) is 6.04 Å². The van der Waals surface area contributed by atoms with Gasteiger partial charge in [0.25, 0.3) is 0 Å². The topological polar surface area (TPSA) is 55.8 Å². The molecule has 0 heterocycles. The molecule has 5 heteroatoms. The van der Waals surface area contributed by atoms with Crippen molar-refractivity contribution in [2.24, 2.45) is 0 Å². The summed E-state index contributed by atoms with van der Waals surface area (Å²) in [6.45, 7) is 7.22. The number of nitrogens with zero attached hydrogens (tertiary/aromatic N) is 1. The van der Waals surface area contributed by atoms with Crippen LogP contribution in [0.2, 0.25) is 0 Å². The summed E-state index contributed by atoms with van der Waals surface area (Å²) < 4.78 is 10.7. The molecule has 2 fully saturated rings. The van der Waals surface area contributed by atoms with Gasteiger partial charge in [-0.15, -0.1) is 0 Å². The van der Waals surface area contributed by atoms with E-state index >= 15 is 0 Å². The van der Waals surface area contributed by atoms with Crippen LogP contribution in [0.4, 0.5) is 0 Å². The number of hydrogen-bond acceptors (Lipinski definition) is 5. The predicted molar refractivity (Wildman–Crippen MR) is 83.4 cm³/mol. The molecule has 2 aliphatic carbocycles. The molecule has 0 aromatic carbocycles. The Hall–Kier alpha value is -1.10. The first-order chi connectivity index (χ1) is 10.4. The first kappa shape index (κ1) is 17.3. The van der Waals surface area contributed by atoms with Crippen LogP contribution < -0.4 is 0 Å². The van der Waals surface area contributed by atoms with E-state index in [9.17, 15) is 9.59 Å². The van der Waals surface area contributed by atoms with Gasteiger partial charge in [-0.2, -0.15) is 0 Å². The summed E-state index contributed by atoms with van der Waals surface area (Å²) in [4.78, 5) is 27.2. The second-order valence-electron chi connectivity index (χ2n) is 6.99. The third kappa shape index (κ3) is 4.00. The van der Waals surface area contributed by atoms with Gasteiger partial charge in [-0.05, 0) is 53.4 Å². The molecule has 0 spiro atoms. The van der Waals surface area contributed by atoms with E-state index in [-0.39, 0.29) is 12.2 Å². The van der Waals surface area contributed by atoms with Crippen molar-refractivity contribution in [3.63, 3.8) is 0 Å². The average Bonchev–Trinajstić information content (AvgIpc) is 2.21. The van der Waals surface area contributed by atoms with E-state index in [1.54, 1.807) is 27.7 Å². The molecule has 5 nitrogen and oxygen atoms in total. The van der Waals surface area contributed by atoms with Gasteiger partial charge in [0.15, 0.2) is 0 Å². The van der Waals surface area contributed by atoms with Crippen LogP contribution in [0.3, 0.4) is 0 Å². The Bertz CT molecular complexity index is 363. The fourth-order valence-corrected chi connectivity index (χ4v) is 3.02. The van der Waals surface area contributed by atoms with Gasteiger partial charge in [0.05, 0.1) is 12.2 Å². The van der Waals surface area contributed by atoms with Crippen molar-refractivity contribution in [3.8, 4) is 0 Å². The smallest absolute Gasteiger partial charge is 0.335 e. The van der Waals surface area contributed by atoms with Crippen molar-refractivity contribution < 1.29 is 19.1 Å². The van der Waals surface area contributed by atoms with Gasteiger partial charge >= 0.3 is 11.9 Å². The molecule has 0 atom stereocenters. The number of esters is 2. The molecule has 0 unspecified atom stereocenters. The fourth-order valence-electron chi connectivity index (χ4n) is 3.02. The lowest BCUT2D eigenvalue weighted by Gasteiger charge is -2.48. The largest absolute Gasteiger partial charge is 0.461 e. The Balaban J connectivity index is 2.18. The van der Waals surface area contributed by atoms with Gasteiger partial charge in [-0.25, -0.2) is 9.59 Å². The number of carbonyl (C=O) groups is 2. The first-order valence-corrected chi connectivity index (χ1v) is 8.58. The van der Waals surface area contributed by atoms with Crippen LogP contribution in [-0.2, 0) is 19.1 Å². The minimum Gasteiger partial charge on any atom is -0.461 e. The lowest BCUT2D eigenvalue weighted by Crippen LogP contribution is -2.60. The van der Waals surface area contributed by atoms with E-state index in [2.05, 4.69) is 4.90 Å². The van der Waals surface area contributed by atoms with Crippen molar-refractivity contribution in [1.82, 2.24) is 4.90 Å². The van der Waals surface area contributed by atoms with E-state index in [0.717, 1.165) is 25.7 Å². The van der Waals surface area contributed by atoms with Crippen molar-refractivity contribution in [1.29, 1.82) is 0 Å². The van der Waals surface area contributed by atoms with Crippen LogP contribution in [0.1, 0.15) is 66.2 Å². The van der Waals surface area contributed by atoms with E-state index in [0.29, 0.717) is 12.1 Å². The molecule has 0 saturated heterocycles. The third-order valence-corrected chi connectivity index (χ3v) is 4.44. The first-order valence-electron chi connectivity index (χ1n) is 8.58. The molecule has 0 N–H and O–H groups in total. The molecule has 0 aromatic rings.